The second-order valence-corrected chi connectivity index (χ2v) is 9.14. The van der Waals surface area contributed by atoms with Crippen LogP contribution in [-0.2, 0) is 24.3 Å². The number of fused-ring (bicyclic) bond motifs is 1. The maximum atomic E-state index is 12.7. The van der Waals surface area contributed by atoms with Gasteiger partial charge in [-0.25, -0.2) is 0 Å². The van der Waals surface area contributed by atoms with Crippen LogP contribution in [0.3, 0.4) is 0 Å². The zero-order valence-electron chi connectivity index (χ0n) is 17.1. The molecule has 31 heavy (non-hydrogen) atoms. The van der Waals surface area contributed by atoms with Gasteiger partial charge >= 0.3 is 5.97 Å². The number of amidine groups is 1. The molecular formula is C20H22N4O6S. The van der Waals surface area contributed by atoms with E-state index in [9.17, 15) is 18.0 Å². The number of nitrogens with zero attached hydrogens (tertiary/aromatic N) is 3. The zero-order chi connectivity index (χ0) is 22.2. The van der Waals surface area contributed by atoms with E-state index >= 15 is 0 Å². The van der Waals surface area contributed by atoms with Crippen molar-refractivity contribution in [1.82, 2.24) is 10.1 Å². The molecule has 1 aromatic carbocycles. The third-order valence-electron chi connectivity index (χ3n) is 5.20. The Morgan fingerprint density at radius 3 is 2.84 bits per heavy atom. The number of hydrogen-bond acceptors (Lipinski definition) is 8. The molecule has 164 valence electrons. The number of benzene rings is 1. The molecule has 3 heterocycles. The minimum absolute atomic E-state index is 0.169. The largest absolute Gasteiger partial charge is 0.452 e. The third kappa shape index (κ3) is 4.31. The molecule has 0 radical (unpaired) electrons. The molecule has 1 aromatic heterocycles. The monoisotopic (exact) mass is 446 g/mol. The maximum absolute atomic E-state index is 12.7. The Labute approximate surface area is 179 Å². The molecule has 1 fully saturated rings. The number of esters is 1. The normalized spacial score (nSPS) is 20.5. The predicted molar refractivity (Wildman–Crippen MR) is 110 cm³/mol. The first kappa shape index (κ1) is 21.0. The van der Waals surface area contributed by atoms with Crippen molar-refractivity contribution in [1.29, 1.82) is 0 Å². The Morgan fingerprint density at radius 1 is 1.32 bits per heavy atom. The van der Waals surface area contributed by atoms with Gasteiger partial charge in [0.15, 0.2) is 11.9 Å². The molecule has 4 rings (SSSR count). The minimum atomic E-state index is -3.74. The number of hydrogen-bond donors (Lipinski definition) is 1. The quantitative estimate of drug-likeness (QED) is 0.702. The topological polar surface area (TPSA) is 131 Å². The number of aryl methyl sites for hydroxylation is 1. The Kier molecular flexibility index (Phi) is 5.52. The molecule has 11 heteroatoms. The van der Waals surface area contributed by atoms with Crippen LogP contribution in [0, 0.1) is 12.8 Å². The highest BCUT2D eigenvalue weighted by molar-refractivity contribution is 7.90. The minimum Gasteiger partial charge on any atom is -0.452 e. The van der Waals surface area contributed by atoms with Gasteiger partial charge in [-0.2, -0.15) is 8.42 Å². The first-order valence-corrected chi connectivity index (χ1v) is 11.3. The van der Waals surface area contributed by atoms with Crippen LogP contribution in [-0.4, -0.2) is 55.4 Å². The second-order valence-electron chi connectivity index (χ2n) is 7.57. The lowest BCUT2D eigenvalue weighted by molar-refractivity contribution is -0.158. The lowest BCUT2D eigenvalue weighted by Crippen LogP contribution is -2.44. The summed E-state index contributed by atoms with van der Waals surface area (Å²) in [6.07, 6.45) is 0.212. The molecule has 0 saturated carbocycles. The Balaban J connectivity index is 1.41. The SMILES string of the molecule is Cc1cc(NC(=O)[C@@H](C)OC(=O)[C@@H]2CCCN(C3=NS(=O)(=O)c4ccccc43)C2)on1. The van der Waals surface area contributed by atoms with Gasteiger partial charge in [0.25, 0.3) is 15.9 Å². The van der Waals surface area contributed by atoms with E-state index in [-0.39, 0.29) is 17.3 Å². The van der Waals surface area contributed by atoms with Crippen molar-refractivity contribution < 1.29 is 27.3 Å². The summed E-state index contributed by atoms with van der Waals surface area (Å²) < 4.78 is 38.9. The van der Waals surface area contributed by atoms with E-state index in [1.807, 2.05) is 0 Å². The summed E-state index contributed by atoms with van der Waals surface area (Å²) in [5, 5.41) is 6.18. The van der Waals surface area contributed by atoms with Crippen LogP contribution < -0.4 is 5.32 Å². The van der Waals surface area contributed by atoms with Gasteiger partial charge < -0.3 is 14.2 Å². The molecule has 2 atom stereocenters. The number of rotatable bonds is 4. The first-order valence-electron chi connectivity index (χ1n) is 9.88. The van der Waals surface area contributed by atoms with Crippen molar-refractivity contribution in [2.24, 2.45) is 10.3 Å². The highest BCUT2D eigenvalue weighted by Crippen LogP contribution is 2.30. The van der Waals surface area contributed by atoms with Crippen LogP contribution in [0.1, 0.15) is 31.0 Å². The number of aromatic nitrogens is 1. The second kappa shape index (κ2) is 8.14. The van der Waals surface area contributed by atoms with Crippen molar-refractivity contribution >= 4 is 33.6 Å². The molecule has 1 N–H and O–H groups in total. The molecule has 0 unspecified atom stereocenters. The van der Waals surface area contributed by atoms with Gasteiger partial charge in [0.05, 0.1) is 11.6 Å². The van der Waals surface area contributed by atoms with Gasteiger partial charge in [0.1, 0.15) is 4.90 Å². The number of likely N-dealkylation sites (tertiary alicyclic amines) is 1. The van der Waals surface area contributed by atoms with E-state index in [0.29, 0.717) is 36.5 Å². The molecule has 2 aliphatic heterocycles. The average Bonchev–Trinajstić information content (AvgIpc) is 3.28. The Morgan fingerprint density at radius 2 is 2.10 bits per heavy atom. The highest BCUT2D eigenvalue weighted by Gasteiger charge is 2.36. The molecule has 1 amide bonds. The summed E-state index contributed by atoms with van der Waals surface area (Å²) in [6.45, 7) is 4.03. The van der Waals surface area contributed by atoms with Crippen LogP contribution in [0.2, 0.25) is 0 Å². The average molecular weight is 446 g/mol. The number of ether oxygens (including phenoxy) is 1. The molecule has 1 saturated heterocycles. The summed E-state index contributed by atoms with van der Waals surface area (Å²) in [5.41, 5.74) is 1.15. The highest BCUT2D eigenvalue weighted by atomic mass is 32.2. The zero-order valence-corrected chi connectivity index (χ0v) is 17.9. The third-order valence-corrected chi connectivity index (χ3v) is 6.53. The van der Waals surface area contributed by atoms with E-state index in [1.54, 1.807) is 36.1 Å². The Hall–Kier alpha value is -3.21. The summed E-state index contributed by atoms with van der Waals surface area (Å²) in [4.78, 5) is 26.9. The van der Waals surface area contributed by atoms with Gasteiger partial charge in [-0.3, -0.25) is 14.9 Å². The van der Waals surface area contributed by atoms with Crippen molar-refractivity contribution in [3.63, 3.8) is 0 Å². The summed E-state index contributed by atoms with van der Waals surface area (Å²) in [7, 11) is -3.74. The lowest BCUT2D eigenvalue weighted by atomic mass is 9.97. The van der Waals surface area contributed by atoms with Crippen LogP contribution >= 0.6 is 0 Å². The Bertz CT molecular complexity index is 1160. The van der Waals surface area contributed by atoms with E-state index < -0.39 is 33.9 Å². The van der Waals surface area contributed by atoms with Crippen LogP contribution in [0.15, 0.2) is 44.1 Å². The fourth-order valence-electron chi connectivity index (χ4n) is 3.65. The summed E-state index contributed by atoms with van der Waals surface area (Å²) in [6, 6.07) is 8.18. The van der Waals surface area contributed by atoms with Crippen molar-refractivity contribution in [3.8, 4) is 0 Å². The number of sulfonamides is 1. The number of carbonyl (C=O) groups excluding carboxylic acids is 2. The fourth-order valence-corrected chi connectivity index (χ4v) is 4.88. The number of piperidine rings is 1. The number of carbonyl (C=O) groups is 2. The van der Waals surface area contributed by atoms with Crippen LogP contribution in [0.25, 0.3) is 0 Å². The fraction of sp³-hybridized carbons (Fsp3) is 0.400. The van der Waals surface area contributed by atoms with E-state index in [4.69, 9.17) is 9.26 Å². The van der Waals surface area contributed by atoms with Crippen molar-refractivity contribution in [3.05, 3.63) is 41.6 Å². The van der Waals surface area contributed by atoms with Crippen molar-refractivity contribution in [2.45, 2.75) is 37.7 Å². The molecule has 10 nitrogen and oxygen atoms in total. The molecule has 0 bridgehead atoms. The maximum Gasteiger partial charge on any atom is 0.311 e. The van der Waals surface area contributed by atoms with E-state index in [2.05, 4.69) is 14.9 Å². The van der Waals surface area contributed by atoms with Crippen LogP contribution in [0.4, 0.5) is 5.88 Å². The lowest BCUT2D eigenvalue weighted by Gasteiger charge is -2.33. The number of anilines is 1. The standard InChI is InChI=1S/C20H22N4O6S/c1-12-10-17(30-22-12)21-19(25)13(2)29-20(26)14-6-5-9-24(11-14)18-15-7-3-4-8-16(15)31(27,28)23-18/h3-4,7-8,10,13-14H,5-6,9,11H2,1-2H3,(H,21,25)/t13-,14-/m1/s1. The van der Waals surface area contributed by atoms with Gasteiger partial charge in [0, 0.05) is 24.7 Å². The van der Waals surface area contributed by atoms with Crippen LogP contribution in [0.5, 0.6) is 0 Å². The van der Waals surface area contributed by atoms with Gasteiger partial charge in [0.2, 0.25) is 5.88 Å². The van der Waals surface area contributed by atoms with Gasteiger partial charge in [-0.1, -0.05) is 17.3 Å². The van der Waals surface area contributed by atoms with Gasteiger partial charge in [-0.15, -0.1) is 4.40 Å². The summed E-state index contributed by atoms with van der Waals surface area (Å²) in [5.74, 6) is -1.03. The van der Waals surface area contributed by atoms with Crippen molar-refractivity contribution in [2.75, 3.05) is 18.4 Å². The molecule has 0 spiro atoms. The first-order chi connectivity index (χ1) is 14.7. The van der Waals surface area contributed by atoms with Gasteiger partial charge in [-0.05, 0) is 38.8 Å². The molecule has 0 aliphatic carbocycles. The predicted octanol–water partition coefficient (Wildman–Crippen LogP) is 1.71. The summed E-state index contributed by atoms with van der Waals surface area (Å²) >= 11 is 0. The molecule has 2 aliphatic rings. The number of amides is 1. The molecule has 2 aromatic rings. The smallest absolute Gasteiger partial charge is 0.311 e. The molecular weight excluding hydrogens is 424 g/mol. The number of nitrogens with one attached hydrogen (secondary N) is 1. The van der Waals surface area contributed by atoms with E-state index in [0.717, 1.165) is 0 Å². The van der Waals surface area contributed by atoms with E-state index in [1.165, 1.54) is 13.0 Å².